The third-order valence-electron chi connectivity index (χ3n) is 4.82. The molecule has 1 heterocycles. The van der Waals surface area contributed by atoms with Gasteiger partial charge in [0.15, 0.2) is 16.8 Å². The summed E-state index contributed by atoms with van der Waals surface area (Å²) in [6, 6.07) is 19.6. The molecule has 0 aliphatic rings. The number of aromatic nitrogens is 3. The van der Waals surface area contributed by atoms with E-state index in [0.29, 0.717) is 32.3 Å². The highest BCUT2D eigenvalue weighted by atomic mass is 35.5. The van der Waals surface area contributed by atoms with Crippen LogP contribution in [0.1, 0.15) is 26.5 Å². The van der Waals surface area contributed by atoms with Crippen molar-refractivity contribution in [3.63, 3.8) is 0 Å². The summed E-state index contributed by atoms with van der Waals surface area (Å²) in [7, 11) is 0. The first kappa shape index (κ1) is 23.9. The number of thioether (sulfide) groups is 1. The van der Waals surface area contributed by atoms with Crippen LogP contribution in [0, 0.1) is 5.82 Å². The number of amides is 1. The molecule has 4 aromatic rings. The average Bonchev–Trinajstić information content (AvgIpc) is 3.26. The Labute approximate surface area is 209 Å². The number of carbonyl (C=O) groups is 2. The van der Waals surface area contributed by atoms with Crippen molar-refractivity contribution in [2.75, 3.05) is 5.75 Å². The molecule has 0 aliphatic heterocycles. The van der Waals surface area contributed by atoms with Gasteiger partial charge in [-0.1, -0.05) is 77.4 Å². The maximum Gasteiger partial charge on any atom is 0.254 e. The van der Waals surface area contributed by atoms with E-state index in [4.69, 9.17) is 23.2 Å². The SMILES string of the molecule is O=C(CSc1nnc(CNC(=O)c2ccccc2F)n1-c1ccc(Cl)c(Cl)c1)c1ccccc1. The second-order valence-electron chi connectivity index (χ2n) is 7.07. The molecule has 1 amide bonds. The number of hydrogen-bond acceptors (Lipinski definition) is 5. The second-order valence-corrected chi connectivity index (χ2v) is 8.83. The first-order valence-corrected chi connectivity index (χ1v) is 11.8. The van der Waals surface area contributed by atoms with E-state index in [1.165, 1.54) is 30.0 Å². The molecule has 6 nitrogen and oxygen atoms in total. The van der Waals surface area contributed by atoms with E-state index in [0.717, 1.165) is 0 Å². The minimum absolute atomic E-state index is 0.0341. The summed E-state index contributed by atoms with van der Waals surface area (Å²) in [5.41, 5.74) is 1.11. The van der Waals surface area contributed by atoms with Gasteiger partial charge in [-0.05, 0) is 30.3 Å². The monoisotopic (exact) mass is 514 g/mol. The summed E-state index contributed by atoms with van der Waals surface area (Å²) in [6.07, 6.45) is 0. The minimum Gasteiger partial charge on any atom is -0.345 e. The van der Waals surface area contributed by atoms with Crippen molar-refractivity contribution in [1.82, 2.24) is 20.1 Å². The third-order valence-corrected chi connectivity index (χ3v) is 6.48. The van der Waals surface area contributed by atoms with E-state index in [-0.39, 0.29) is 23.6 Å². The number of halogens is 3. The predicted octanol–water partition coefficient (Wildman–Crippen LogP) is 5.62. The van der Waals surface area contributed by atoms with Crippen LogP contribution < -0.4 is 5.32 Å². The van der Waals surface area contributed by atoms with Crippen molar-refractivity contribution in [3.05, 3.63) is 106 Å². The molecule has 0 radical (unpaired) electrons. The van der Waals surface area contributed by atoms with Gasteiger partial charge in [-0.2, -0.15) is 0 Å². The van der Waals surface area contributed by atoms with E-state index in [1.807, 2.05) is 6.07 Å². The summed E-state index contributed by atoms with van der Waals surface area (Å²) < 4.78 is 15.6. The first-order chi connectivity index (χ1) is 16.4. The Bertz CT molecular complexity index is 1350. The molecule has 1 aromatic heterocycles. The van der Waals surface area contributed by atoms with Crippen LogP contribution in [0.5, 0.6) is 0 Å². The Hall–Kier alpha value is -3.20. The van der Waals surface area contributed by atoms with Crippen LogP contribution in [0.4, 0.5) is 4.39 Å². The minimum atomic E-state index is -0.624. The van der Waals surface area contributed by atoms with Crippen LogP contribution in [0.2, 0.25) is 10.0 Å². The van der Waals surface area contributed by atoms with Gasteiger partial charge in [-0.15, -0.1) is 10.2 Å². The molecule has 0 unspecified atom stereocenters. The van der Waals surface area contributed by atoms with Gasteiger partial charge in [0.1, 0.15) is 5.82 Å². The zero-order chi connectivity index (χ0) is 24.1. The van der Waals surface area contributed by atoms with Gasteiger partial charge < -0.3 is 5.32 Å². The largest absolute Gasteiger partial charge is 0.345 e. The summed E-state index contributed by atoms with van der Waals surface area (Å²) >= 11 is 13.5. The zero-order valence-corrected chi connectivity index (χ0v) is 19.9. The van der Waals surface area contributed by atoms with Crippen molar-refractivity contribution >= 4 is 46.7 Å². The summed E-state index contributed by atoms with van der Waals surface area (Å²) in [4.78, 5) is 25.0. The summed E-state index contributed by atoms with van der Waals surface area (Å²) in [6.45, 7) is -0.0341. The molecule has 0 bridgehead atoms. The summed E-state index contributed by atoms with van der Waals surface area (Å²) in [5, 5.41) is 12.2. The molecule has 172 valence electrons. The predicted molar refractivity (Wildman–Crippen MR) is 130 cm³/mol. The normalized spacial score (nSPS) is 10.8. The van der Waals surface area contributed by atoms with E-state index in [1.54, 1.807) is 53.1 Å². The Balaban J connectivity index is 1.59. The fourth-order valence-corrected chi connectivity index (χ4v) is 4.29. The van der Waals surface area contributed by atoms with E-state index in [9.17, 15) is 14.0 Å². The molecule has 0 fully saturated rings. The van der Waals surface area contributed by atoms with Crippen LogP contribution in [-0.2, 0) is 6.54 Å². The molecule has 0 atom stereocenters. The smallest absolute Gasteiger partial charge is 0.254 e. The number of ketones is 1. The lowest BCUT2D eigenvalue weighted by atomic mass is 10.2. The van der Waals surface area contributed by atoms with Gasteiger partial charge in [0, 0.05) is 5.56 Å². The van der Waals surface area contributed by atoms with Gasteiger partial charge in [-0.25, -0.2) is 4.39 Å². The highest BCUT2D eigenvalue weighted by Crippen LogP contribution is 2.28. The second kappa shape index (κ2) is 10.8. The van der Waals surface area contributed by atoms with Crippen molar-refractivity contribution in [2.45, 2.75) is 11.7 Å². The van der Waals surface area contributed by atoms with Crippen molar-refractivity contribution in [1.29, 1.82) is 0 Å². The standard InChI is InChI=1S/C24H17Cl2FN4O2S/c25-18-11-10-16(12-19(18)26)31-22(13-28-23(33)17-8-4-5-9-20(17)27)29-30-24(31)34-14-21(32)15-6-2-1-3-7-15/h1-12H,13-14H2,(H,28,33). The fraction of sp³-hybridized carbons (Fsp3) is 0.0833. The van der Waals surface area contributed by atoms with E-state index in [2.05, 4.69) is 15.5 Å². The molecular formula is C24H17Cl2FN4O2S. The Morgan fingerprint density at radius 3 is 2.41 bits per heavy atom. The van der Waals surface area contributed by atoms with Gasteiger partial charge in [0.2, 0.25) is 0 Å². The number of rotatable bonds is 8. The molecule has 0 saturated carbocycles. The zero-order valence-electron chi connectivity index (χ0n) is 17.5. The van der Waals surface area contributed by atoms with Gasteiger partial charge in [0.05, 0.1) is 33.6 Å². The van der Waals surface area contributed by atoms with Crippen LogP contribution >= 0.6 is 35.0 Å². The van der Waals surface area contributed by atoms with Crippen molar-refractivity contribution in [3.8, 4) is 5.69 Å². The lowest BCUT2D eigenvalue weighted by Crippen LogP contribution is -2.25. The molecular weight excluding hydrogens is 498 g/mol. The van der Waals surface area contributed by atoms with Crippen molar-refractivity contribution < 1.29 is 14.0 Å². The lowest BCUT2D eigenvalue weighted by Gasteiger charge is -2.12. The third kappa shape index (κ3) is 5.47. The van der Waals surface area contributed by atoms with Gasteiger partial charge in [0.25, 0.3) is 5.91 Å². The topological polar surface area (TPSA) is 76.9 Å². The first-order valence-electron chi connectivity index (χ1n) is 10.1. The lowest BCUT2D eigenvalue weighted by molar-refractivity contribution is 0.0944. The molecule has 10 heteroatoms. The highest BCUT2D eigenvalue weighted by molar-refractivity contribution is 7.99. The summed E-state index contributed by atoms with van der Waals surface area (Å²) in [5.74, 6) is -0.774. The van der Waals surface area contributed by atoms with Gasteiger partial charge in [-0.3, -0.25) is 14.2 Å². The number of nitrogens with one attached hydrogen (secondary N) is 1. The molecule has 3 aromatic carbocycles. The van der Waals surface area contributed by atoms with E-state index >= 15 is 0 Å². The molecule has 34 heavy (non-hydrogen) atoms. The average molecular weight is 515 g/mol. The molecule has 0 spiro atoms. The van der Waals surface area contributed by atoms with Crippen molar-refractivity contribution in [2.24, 2.45) is 0 Å². The Kier molecular flexibility index (Phi) is 7.62. The fourth-order valence-electron chi connectivity index (χ4n) is 3.13. The van der Waals surface area contributed by atoms with Crippen LogP contribution in [-0.4, -0.2) is 32.2 Å². The number of benzene rings is 3. The van der Waals surface area contributed by atoms with Crippen LogP contribution in [0.3, 0.4) is 0 Å². The Morgan fingerprint density at radius 1 is 0.941 bits per heavy atom. The Morgan fingerprint density at radius 2 is 1.68 bits per heavy atom. The van der Waals surface area contributed by atoms with Crippen LogP contribution in [0.25, 0.3) is 5.69 Å². The number of Topliss-reactive ketones (excluding diaryl/α,β-unsaturated/α-hetero) is 1. The highest BCUT2D eigenvalue weighted by Gasteiger charge is 2.19. The number of carbonyl (C=O) groups excluding carboxylic acids is 2. The van der Waals surface area contributed by atoms with E-state index < -0.39 is 11.7 Å². The number of hydrogen-bond donors (Lipinski definition) is 1. The quantitative estimate of drug-likeness (QED) is 0.244. The molecule has 1 N–H and O–H groups in total. The maximum absolute atomic E-state index is 14.0. The number of nitrogens with zero attached hydrogens (tertiary/aromatic N) is 3. The molecule has 0 aliphatic carbocycles. The molecule has 0 saturated heterocycles. The van der Waals surface area contributed by atoms with Gasteiger partial charge >= 0.3 is 0 Å². The van der Waals surface area contributed by atoms with Crippen LogP contribution in [0.15, 0.2) is 78.0 Å². The maximum atomic E-state index is 14.0. The molecule has 4 rings (SSSR count).